The van der Waals surface area contributed by atoms with Crippen LogP contribution in [0.15, 0.2) is 24.3 Å². The molecule has 0 amide bonds. The van der Waals surface area contributed by atoms with Gasteiger partial charge in [-0.25, -0.2) is 0 Å². The van der Waals surface area contributed by atoms with Crippen molar-refractivity contribution in [1.82, 2.24) is 0 Å². The van der Waals surface area contributed by atoms with Crippen molar-refractivity contribution in [2.45, 2.75) is 65.0 Å². The third kappa shape index (κ3) is 2.49. The van der Waals surface area contributed by atoms with E-state index < -0.39 is 6.55 Å². The molecule has 0 radical (unpaired) electrons. The van der Waals surface area contributed by atoms with Crippen LogP contribution in [0.3, 0.4) is 0 Å². The summed E-state index contributed by atoms with van der Waals surface area (Å²) in [6.45, 7) is 13.4. The van der Waals surface area contributed by atoms with Crippen molar-refractivity contribution in [1.29, 1.82) is 0 Å². The Morgan fingerprint density at radius 3 is 1.67 bits per heavy atom. The largest absolute Gasteiger partial charge is 0.558 e. The lowest BCUT2D eigenvalue weighted by atomic mass is 9.36. The second-order valence-corrected chi connectivity index (χ2v) is 8.11. The zero-order chi connectivity index (χ0) is 16.1. The number of rotatable bonds is 2. The lowest BCUT2D eigenvalue weighted by Gasteiger charge is -2.49. The molecule has 0 N–H and O–H groups in total. The molecule has 0 atom stereocenters. The maximum Gasteiger partial charge on any atom is 0.275 e. The van der Waals surface area contributed by atoms with Gasteiger partial charge in [0.1, 0.15) is 5.75 Å². The Labute approximate surface area is 129 Å². The van der Waals surface area contributed by atoms with E-state index >= 15 is 0 Å². The predicted octanol–water partition coefficient (Wildman–Crippen LogP) is 3.75. The van der Waals surface area contributed by atoms with Crippen LogP contribution in [0.2, 0.25) is 5.31 Å². The smallest absolute Gasteiger partial charge is 0.275 e. The van der Waals surface area contributed by atoms with E-state index in [0.29, 0.717) is 0 Å². The number of methoxy groups -OCH3 is 1. The van der Waals surface area contributed by atoms with Gasteiger partial charge in [-0.1, -0.05) is 32.9 Å². The van der Waals surface area contributed by atoms with E-state index in [0.717, 1.165) is 11.2 Å². The van der Waals surface area contributed by atoms with Gasteiger partial charge >= 0.3 is 0 Å². The normalized spacial score (nSPS) is 23.0. The Morgan fingerprint density at radius 1 is 0.905 bits per heavy atom. The molecular formula is C17H28BO3-. The molecule has 1 aliphatic rings. The summed E-state index contributed by atoms with van der Waals surface area (Å²) in [5, 5.41) is -0.139. The summed E-state index contributed by atoms with van der Waals surface area (Å²) in [4.78, 5) is 0. The summed E-state index contributed by atoms with van der Waals surface area (Å²) in [6, 6.07) is 8.05. The fourth-order valence-electron chi connectivity index (χ4n) is 2.98. The molecule has 0 aliphatic carbocycles. The summed E-state index contributed by atoms with van der Waals surface area (Å²) in [7, 11) is 1.68. The van der Waals surface area contributed by atoms with Crippen LogP contribution in [-0.4, -0.2) is 24.9 Å². The van der Waals surface area contributed by atoms with Crippen LogP contribution in [0.1, 0.15) is 48.5 Å². The van der Waals surface area contributed by atoms with Crippen LogP contribution < -0.4 is 10.2 Å². The third-order valence-corrected chi connectivity index (χ3v) is 5.07. The van der Waals surface area contributed by atoms with Gasteiger partial charge in [0.2, 0.25) is 0 Å². The van der Waals surface area contributed by atoms with Gasteiger partial charge in [0.05, 0.1) is 7.11 Å². The summed E-state index contributed by atoms with van der Waals surface area (Å²) in [6.07, 6.45) is 0. The predicted molar refractivity (Wildman–Crippen MR) is 88.4 cm³/mol. The quantitative estimate of drug-likeness (QED) is 0.777. The molecule has 0 bridgehead atoms. The third-order valence-electron chi connectivity index (χ3n) is 5.07. The Hall–Kier alpha value is -0.995. The van der Waals surface area contributed by atoms with Gasteiger partial charge in [0, 0.05) is 11.2 Å². The van der Waals surface area contributed by atoms with Crippen molar-refractivity contribution in [3.05, 3.63) is 24.3 Å². The topological polar surface area (TPSA) is 27.7 Å². The highest BCUT2D eigenvalue weighted by Gasteiger charge is 2.56. The Morgan fingerprint density at radius 2 is 1.33 bits per heavy atom. The van der Waals surface area contributed by atoms with E-state index in [4.69, 9.17) is 14.0 Å². The van der Waals surface area contributed by atoms with E-state index in [1.165, 1.54) is 0 Å². The maximum absolute atomic E-state index is 6.58. The minimum Gasteiger partial charge on any atom is -0.558 e. The highest BCUT2D eigenvalue weighted by atomic mass is 16.7. The SMILES string of the molecule is COc1ccc([B-]2(C(C)(C)C)OC(C)(C)C(C)(C)O2)cc1. The molecule has 118 valence electrons. The number of hydrogen-bond acceptors (Lipinski definition) is 3. The minimum atomic E-state index is -1.58. The first-order valence-electron chi connectivity index (χ1n) is 7.64. The Bertz CT molecular complexity index is 496. The van der Waals surface area contributed by atoms with Gasteiger partial charge in [0.15, 0.2) is 0 Å². The van der Waals surface area contributed by atoms with E-state index in [2.05, 4.69) is 60.6 Å². The number of benzene rings is 1. The van der Waals surface area contributed by atoms with Gasteiger partial charge in [-0.15, -0.1) is 5.31 Å². The fraction of sp³-hybridized carbons (Fsp3) is 0.647. The van der Waals surface area contributed by atoms with Crippen LogP contribution in [0.5, 0.6) is 5.75 Å². The zero-order valence-electron chi connectivity index (χ0n) is 14.6. The molecule has 0 unspecified atom stereocenters. The van der Waals surface area contributed by atoms with Crippen molar-refractivity contribution in [2.24, 2.45) is 0 Å². The van der Waals surface area contributed by atoms with Gasteiger partial charge in [0.25, 0.3) is 6.55 Å². The molecule has 1 aliphatic heterocycles. The standard InChI is InChI=1S/C17H28BO3/c1-15(2,3)18(13-9-11-14(19-8)12-10-13)20-16(4,5)17(6,7)21-18/h9-12H,1-8H3/q-1. The molecule has 1 aromatic rings. The second kappa shape index (κ2) is 4.75. The lowest BCUT2D eigenvalue weighted by molar-refractivity contribution is 0.00578. The first kappa shape index (κ1) is 16.4. The van der Waals surface area contributed by atoms with Gasteiger partial charge < -0.3 is 14.0 Å². The van der Waals surface area contributed by atoms with E-state index in [9.17, 15) is 0 Å². The molecule has 4 heteroatoms. The molecule has 1 fully saturated rings. The minimum absolute atomic E-state index is 0.139. The average molecular weight is 291 g/mol. The van der Waals surface area contributed by atoms with Crippen LogP contribution in [-0.2, 0) is 9.31 Å². The van der Waals surface area contributed by atoms with Crippen molar-refractivity contribution in [2.75, 3.05) is 7.11 Å². The first-order chi connectivity index (χ1) is 9.45. The van der Waals surface area contributed by atoms with E-state index in [1.54, 1.807) is 7.11 Å². The molecule has 1 saturated heterocycles. The van der Waals surface area contributed by atoms with Gasteiger partial charge in [-0.2, -0.15) is 5.46 Å². The summed E-state index contributed by atoms with van der Waals surface area (Å²) >= 11 is 0. The fourth-order valence-corrected chi connectivity index (χ4v) is 2.98. The van der Waals surface area contributed by atoms with Crippen LogP contribution in [0.4, 0.5) is 0 Å². The monoisotopic (exact) mass is 291 g/mol. The Balaban J connectivity index is 2.55. The van der Waals surface area contributed by atoms with E-state index in [-0.39, 0.29) is 16.5 Å². The molecular weight excluding hydrogens is 263 g/mol. The van der Waals surface area contributed by atoms with Crippen LogP contribution >= 0.6 is 0 Å². The van der Waals surface area contributed by atoms with Crippen molar-refractivity contribution in [3.8, 4) is 5.75 Å². The van der Waals surface area contributed by atoms with Crippen molar-refractivity contribution >= 4 is 12.0 Å². The van der Waals surface area contributed by atoms with E-state index in [1.807, 2.05) is 12.1 Å². The summed E-state index contributed by atoms with van der Waals surface area (Å²) < 4.78 is 18.4. The molecule has 1 heterocycles. The highest BCUT2D eigenvalue weighted by Crippen LogP contribution is 2.50. The van der Waals surface area contributed by atoms with Crippen LogP contribution in [0, 0.1) is 0 Å². The van der Waals surface area contributed by atoms with Crippen molar-refractivity contribution < 1.29 is 14.0 Å². The van der Waals surface area contributed by atoms with Crippen molar-refractivity contribution in [3.63, 3.8) is 0 Å². The highest BCUT2D eigenvalue weighted by molar-refractivity contribution is 6.84. The number of ether oxygens (including phenoxy) is 1. The molecule has 0 aromatic heterocycles. The molecule has 0 spiro atoms. The lowest BCUT2D eigenvalue weighted by Crippen LogP contribution is -2.58. The molecule has 21 heavy (non-hydrogen) atoms. The van der Waals surface area contributed by atoms with Gasteiger partial charge in [-0.3, -0.25) is 0 Å². The summed E-state index contributed by atoms with van der Waals surface area (Å²) in [5.74, 6) is 0.843. The second-order valence-electron chi connectivity index (χ2n) is 8.11. The maximum atomic E-state index is 6.58. The molecule has 2 rings (SSSR count). The molecule has 3 nitrogen and oxygen atoms in total. The zero-order valence-corrected chi connectivity index (χ0v) is 14.6. The Kier molecular flexibility index (Phi) is 3.71. The molecule has 1 aromatic carbocycles. The van der Waals surface area contributed by atoms with Gasteiger partial charge in [-0.05, 0) is 39.8 Å². The number of hydrogen-bond donors (Lipinski definition) is 0. The average Bonchev–Trinajstić information content (AvgIpc) is 2.56. The molecule has 0 saturated carbocycles. The van der Waals surface area contributed by atoms with Crippen LogP contribution in [0.25, 0.3) is 0 Å². The summed E-state index contributed by atoms with van der Waals surface area (Å²) in [5.41, 5.74) is 0.391. The first-order valence-corrected chi connectivity index (χ1v) is 7.64.